The largest absolute Gasteiger partial charge is 0.382 e. The van der Waals surface area contributed by atoms with Crippen molar-refractivity contribution >= 4 is 5.96 Å². The van der Waals surface area contributed by atoms with Gasteiger partial charge in [-0.3, -0.25) is 4.99 Å². The monoisotopic (exact) mass is 289 g/mol. The van der Waals surface area contributed by atoms with Crippen LogP contribution in [0.15, 0.2) is 4.99 Å². The van der Waals surface area contributed by atoms with Crippen molar-refractivity contribution in [3.05, 3.63) is 0 Å². The van der Waals surface area contributed by atoms with E-state index in [-0.39, 0.29) is 5.60 Å². The lowest BCUT2D eigenvalue weighted by atomic mass is 10.1. The second-order valence-electron chi connectivity index (χ2n) is 5.04. The predicted molar refractivity (Wildman–Crippen MR) is 82.4 cm³/mol. The topological polar surface area (TPSA) is 64.1 Å². The lowest BCUT2D eigenvalue weighted by Crippen LogP contribution is -2.39. The van der Waals surface area contributed by atoms with Gasteiger partial charge in [-0.25, -0.2) is 0 Å². The fourth-order valence-electron chi connectivity index (χ4n) is 1.30. The fraction of sp³-hybridized carbons (Fsp3) is 0.929. The van der Waals surface area contributed by atoms with Gasteiger partial charge in [0.2, 0.25) is 0 Å². The van der Waals surface area contributed by atoms with E-state index in [0.717, 1.165) is 32.1 Å². The van der Waals surface area contributed by atoms with Crippen molar-refractivity contribution in [3.63, 3.8) is 0 Å². The zero-order valence-electron chi connectivity index (χ0n) is 13.6. The second-order valence-corrected chi connectivity index (χ2v) is 5.04. The van der Waals surface area contributed by atoms with E-state index in [0.29, 0.717) is 19.8 Å². The first-order valence-corrected chi connectivity index (χ1v) is 7.19. The van der Waals surface area contributed by atoms with Crippen LogP contribution in [0.1, 0.15) is 27.2 Å². The van der Waals surface area contributed by atoms with Gasteiger partial charge in [0.15, 0.2) is 5.96 Å². The molecule has 0 aliphatic rings. The predicted octanol–water partition coefficient (Wildman–Crippen LogP) is 1.02. The molecular weight excluding hydrogens is 258 g/mol. The first-order chi connectivity index (χ1) is 9.55. The highest BCUT2D eigenvalue weighted by molar-refractivity contribution is 5.79. The van der Waals surface area contributed by atoms with Gasteiger partial charge in [-0.2, -0.15) is 0 Å². The van der Waals surface area contributed by atoms with Crippen LogP contribution in [0.5, 0.6) is 0 Å². The van der Waals surface area contributed by atoms with Gasteiger partial charge < -0.3 is 24.8 Å². The number of rotatable bonds is 11. The van der Waals surface area contributed by atoms with Crippen LogP contribution < -0.4 is 10.6 Å². The third-order valence-electron chi connectivity index (χ3n) is 2.70. The molecule has 0 radical (unpaired) electrons. The summed E-state index contributed by atoms with van der Waals surface area (Å²) >= 11 is 0. The van der Waals surface area contributed by atoms with Crippen LogP contribution >= 0.6 is 0 Å². The van der Waals surface area contributed by atoms with Crippen molar-refractivity contribution in [2.75, 3.05) is 53.7 Å². The minimum atomic E-state index is -0.244. The Morgan fingerprint density at radius 3 is 2.45 bits per heavy atom. The third kappa shape index (κ3) is 11.0. The van der Waals surface area contributed by atoms with Crippen molar-refractivity contribution in [1.82, 2.24) is 10.6 Å². The molecule has 6 heteroatoms. The molecule has 2 N–H and O–H groups in total. The summed E-state index contributed by atoms with van der Waals surface area (Å²) in [4.78, 5) is 4.51. The van der Waals surface area contributed by atoms with Crippen molar-refractivity contribution in [1.29, 1.82) is 0 Å². The van der Waals surface area contributed by atoms with Crippen molar-refractivity contribution in [3.8, 4) is 0 Å². The van der Waals surface area contributed by atoms with Crippen LogP contribution in [0.3, 0.4) is 0 Å². The Hall–Kier alpha value is -0.850. The van der Waals surface area contributed by atoms with Crippen LogP contribution in [0.2, 0.25) is 0 Å². The molecule has 0 aromatic carbocycles. The average molecular weight is 289 g/mol. The number of hydrogen-bond acceptors (Lipinski definition) is 4. The van der Waals surface area contributed by atoms with Crippen molar-refractivity contribution in [2.24, 2.45) is 4.99 Å². The number of nitrogens with one attached hydrogen (secondary N) is 2. The minimum absolute atomic E-state index is 0.244. The number of guanidine groups is 1. The highest BCUT2D eigenvalue weighted by atomic mass is 16.5. The molecule has 0 spiro atoms. The van der Waals surface area contributed by atoms with E-state index < -0.39 is 0 Å². The maximum Gasteiger partial charge on any atom is 0.191 e. The summed E-state index contributed by atoms with van der Waals surface area (Å²) in [6.07, 6.45) is 0.932. The number of nitrogens with zero attached hydrogens (tertiary/aromatic N) is 1. The van der Waals surface area contributed by atoms with E-state index in [4.69, 9.17) is 14.2 Å². The van der Waals surface area contributed by atoms with E-state index in [9.17, 15) is 0 Å². The summed E-state index contributed by atoms with van der Waals surface area (Å²) in [7, 11) is 3.37. The molecule has 0 atom stereocenters. The van der Waals surface area contributed by atoms with Gasteiger partial charge in [0.05, 0.1) is 25.4 Å². The summed E-state index contributed by atoms with van der Waals surface area (Å²) in [6, 6.07) is 0. The number of hydrogen-bond donors (Lipinski definition) is 2. The van der Waals surface area contributed by atoms with E-state index >= 15 is 0 Å². The molecule has 0 aromatic rings. The summed E-state index contributed by atoms with van der Waals surface area (Å²) in [6.45, 7) is 10.4. The zero-order valence-corrected chi connectivity index (χ0v) is 13.6. The third-order valence-corrected chi connectivity index (χ3v) is 2.70. The second kappa shape index (κ2) is 11.9. The van der Waals surface area contributed by atoms with Gasteiger partial charge >= 0.3 is 0 Å². The Morgan fingerprint density at radius 2 is 1.85 bits per heavy atom. The van der Waals surface area contributed by atoms with Gasteiger partial charge in [-0.1, -0.05) is 0 Å². The molecule has 0 fully saturated rings. The summed E-state index contributed by atoms with van der Waals surface area (Å²) in [5, 5.41) is 6.49. The van der Waals surface area contributed by atoms with Gasteiger partial charge in [0.1, 0.15) is 0 Å². The van der Waals surface area contributed by atoms with Gasteiger partial charge in [0, 0.05) is 33.9 Å². The number of methoxy groups -OCH3 is 2. The Kier molecular flexibility index (Phi) is 11.4. The van der Waals surface area contributed by atoms with Crippen LogP contribution in [0.4, 0.5) is 0 Å². The maximum atomic E-state index is 5.40. The van der Waals surface area contributed by atoms with Gasteiger partial charge in [-0.05, 0) is 27.2 Å². The summed E-state index contributed by atoms with van der Waals surface area (Å²) in [5.74, 6) is 0.814. The molecule has 0 heterocycles. The Balaban J connectivity index is 3.87. The van der Waals surface area contributed by atoms with E-state index in [1.165, 1.54) is 0 Å². The molecule has 0 unspecified atom stereocenters. The molecule has 0 aliphatic heterocycles. The van der Waals surface area contributed by atoms with E-state index in [2.05, 4.69) is 15.6 Å². The molecule has 0 aliphatic carbocycles. The normalized spacial score (nSPS) is 12.6. The van der Waals surface area contributed by atoms with Gasteiger partial charge in [0.25, 0.3) is 0 Å². The first-order valence-electron chi connectivity index (χ1n) is 7.19. The lowest BCUT2D eigenvalue weighted by molar-refractivity contribution is 0.0310. The van der Waals surface area contributed by atoms with Gasteiger partial charge in [-0.15, -0.1) is 0 Å². The molecule has 6 nitrogen and oxygen atoms in total. The smallest absolute Gasteiger partial charge is 0.191 e. The quantitative estimate of drug-likeness (QED) is 0.338. The summed E-state index contributed by atoms with van der Waals surface area (Å²) < 4.78 is 15.7. The molecule has 120 valence electrons. The minimum Gasteiger partial charge on any atom is -0.382 e. The highest BCUT2D eigenvalue weighted by Crippen LogP contribution is 2.06. The standard InChI is InChI=1S/C14H31N3O3/c1-6-15-13(17-12-14(2,3)19-5)16-8-7-9-20-11-10-18-4/h6-12H2,1-5H3,(H2,15,16,17). The fourth-order valence-corrected chi connectivity index (χ4v) is 1.30. The first kappa shape index (κ1) is 19.1. The van der Waals surface area contributed by atoms with Crippen LogP contribution in [0, 0.1) is 0 Å². The molecule has 0 rings (SSSR count). The Morgan fingerprint density at radius 1 is 1.10 bits per heavy atom. The molecular formula is C14H31N3O3. The number of ether oxygens (including phenoxy) is 3. The van der Waals surface area contributed by atoms with Crippen LogP contribution in [0.25, 0.3) is 0 Å². The molecule has 0 saturated heterocycles. The Bertz CT molecular complexity index is 258. The van der Waals surface area contributed by atoms with Crippen molar-refractivity contribution in [2.45, 2.75) is 32.8 Å². The Labute approximate surface area is 123 Å². The van der Waals surface area contributed by atoms with E-state index in [1.807, 2.05) is 20.8 Å². The molecule has 0 bridgehead atoms. The molecule has 0 aromatic heterocycles. The average Bonchev–Trinajstić information content (AvgIpc) is 2.43. The summed E-state index contributed by atoms with van der Waals surface area (Å²) in [5.41, 5.74) is -0.244. The SMILES string of the molecule is CCNC(=NCC(C)(C)OC)NCCCOCCOC. The molecule has 0 saturated carbocycles. The van der Waals surface area contributed by atoms with Crippen LogP contribution in [-0.2, 0) is 14.2 Å². The molecule has 0 amide bonds. The maximum absolute atomic E-state index is 5.40. The van der Waals surface area contributed by atoms with Crippen molar-refractivity contribution < 1.29 is 14.2 Å². The number of aliphatic imine (C=N–C) groups is 1. The lowest BCUT2D eigenvalue weighted by Gasteiger charge is -2.21. The van der Waals surface area contributed by atoms with E-state index in [1.54, 1.807) is 14.2 Å². The highest BCUT2D eigenvalue weighted by Gasteiger charge is 2.15. The van der Waals surface area contributed by atoms with Crippen LogP contribution in [-0.4, -0.2) is 65.2 Å². The zero-order chi connectivity index (χ0) is 15.3. The molecule has 20 heavy (non-hydrogen) atoms.